The summed E-state index contributed by atoms with van der Waals surface area (Å²) in [5.41, 5.74) is 0.855. The quantitative estimate of drug-likeness (QED) is 0.652. The molecule has 1 heterocycles. The van der Waals surface area contributed by atoms with Crippen molar-refractivity contribution in [1.29, 1.82) is 0 Å². The SMILES string of the molecule is CC(C)SCC1=NC(=O)OC1. The molecule has 0 spiro atoms. The van der Waals surface area contributed by atoms with E-state index in [1.54, 1.807) is 11.8 Å². The second kappa shape index (κ2) is 3.76. The predicted octanol–water partition coefficient (Wildman–Crippen LogP) is 1.72. The summed E-state index contributed by atoms with van der Waals surface area (Å²) in [7, 11) is 0. The number of rotatable bonds is 3. The van der Waals surface area contributed by atoms with Gasteiger partial charge in [-0.15, -0.1) is 0 Å². The van der Waals surface area contributed by atoms with Crippen LogP contribution in [0.2, 0.25) is 0 Å². The molecule has 0 saturated heterocycles. The molecule has 0 unspecified atom stereocenters. The molecular weight excluding hydrogens is 162 g/mol. The van der Waals surface area contributed by atoms with Crippen LogP contribution in [0, 0.1) is 0 Å². The molecule has 0 aromatic carbocycles. The van der Waals surface area contributed by atoms with Crippen LogP contribution in [0.3, 0.4) is 0 Å². The normalized spacial score (nSPS) is 17.0. The van der Waals surface area contributed by atoms with Gasteiger partial charge in [0.15, 0.2) is 0 Å². The topological polar surface area (TPSA) is 38.7 Å². The number of ether oxygens (including phenoxy) is 1. The van der Waals surface area contributed by atoms with Crippen LogP contribution in [-0.2, 0) is 4.74 Å². The van der Waals surface area contributed by atoms with Crippen molar-refractivity contribution in [2.75, 3.05) is 12.4 Å². The van der Waals surface area contributed by atoms with E-state index in [1.165, 1.54) is 0 Å². The monoisotopic (exact) mass is 173 g/mol. The van der Waals surface area contributed by atoms with Crippen molar-refractivity contribution in [3.63, 3.8) is 0 Å². The van der Waals surface area contributed by atoms with Crippen molar-refractivity contribution in [3.05, 3.63) is 0 Å². The molecule has 1 aliphatic rings. The van der Waals surface area contributed by atoms with Crippen molar-refractivity contribution >= 4 is 23.6 Å². The molecule has 1 aliphatic heterocycles. The van der Waals surface area contributed by atoms with Crippen LogP contribution in [0.1, 0.15) is 13.8 Å². The highest BCUT2D eigenvalue weighted by Crippen LogP contribution is 2.11. The Bertz CT molecular complexity index is 189. The van der Waals surface area contributed by atoms with Crippen LogP contribution in [0.15, 0.2) is 4.99 Å². The summed E-state index contributed by atoms with van der Waals surface area (Å²) >= 11 is 1.77. The van der Waals surface area contributed by atoms with Gasteiger partial charge in [0.25, 0.3) is 0 Å². The summed E-state index contributed by atoms with van der Waals surface area (Å²) in [5, 5.41) is 0.577. The number of thioether (sulfide) groups is 1. The van der Waals surface area contributed by atoms with Crippen LogP contribution < -0.4 is 0 Å². The lowest BCUT2D eigenvalue weighted by Crippen LogP contribution is -2.05. The Labute approximate surface area is 70.2 Å². The molecule has 0 aromatic heterocycles. The molecule has 0 N–H and O–H groups in total. The number of nitrogens with zero attached hydrogens (tertiary/aromatic N) is 1. The van der Waals surface area contributed by atoms with E-state index in [0.29, 0.717) is 11.9 Å². The van der Waals surface area contributed by atoms with Crippen molar-refractivity contribution in [3.8, 4) is 0 Å². The number of hydrogen-bond donors (Lipinski definition) is 0. The molecule has 1 rings (SSSR count). The zero-order valence-corrected chi connectivity index (χ0v) is 7.48. The Kier molecular flexibility index (Phi) is 2.93. The largest absolute Gasteiger partial charge is 0.442 e. The number of hydrogen-bond acceptors (Lipinski definition) is 3. The molecule has 11 heavy (non-hydrogen) atoms. The number of carbonyl (C=O) groups excluding carboxylic acids is 1. The van der Waals surface area contributed by atoms with Gasteiger partial charge in [-0.1, -0.05) is 13.8 Å². The van der Waals surface area contributed by atoms with Crippen LogP contribution in [0.25, 0.3) is 0 Å². The summed E-state index contributed by atoms with van der Waals surface area (Å²) in [5.74, 6) is 0.809. The third-order valence-corrected chi connectivity index (χ3v) is 2.36. The Morgan fingerprint density at radius 3 is 2.91 bits per heavy atom. The molecule has 0 fully saturated rings. The second-order valence-corrected chi connectivity index (χ2v) is 4.16. The maximum absolute atomic E-state index is 10.5. The summed E-state index contributed by atoms with van der Waals surface area (Å²) < 4.78 is 4.64. The highest BCUT2D eigenvalue weighted by atomic mass is 32.2. The van der Waals surface area contributed by atoms with E-state index in [0.717, 1.165) is 11.5 Å². The third kappa shape index (κ3) is 2.93. The van der Waals surface area contributed by atoms with Crippen molar-refractivity contribution in [2.45, 2.75) is 19.1 Å². The Balaban J connectivity index is 2.27. The number of carbonyl (C=O) groups is 1. The van der Waals surface area contributed by atoms with E-state index in [2.05, 4.69) is 23.6 Å². The zero-order chi connectivity index (χ0) is 8.27. The first-order valence-electron chi connectivity index (χ1n) is 3.53. The number of aliphatic imine (C=N–C) groups is 1. The van der Waals surface area contributed by atoms with E-state index in [-0.39, 0.29) is 0 Å². The van der Waals surface area contributed by atoms with Gasteiger partial charge in [-0.3, -0.25) is 0 Å². The zero-order valence-electron chi connectivity index (χ0n) is 6.66. The van der Waals surface area contributed by atoms with Gasteiger partial charge < -0.3 is 4.74 Å². The molecule has 0 saturated carbocycles. The van der Waals surface area contributed by atoms with Gasteiger partial charge in [0.1, 0.15) is 6.61 Å². The molecule has 0 atom stereocenters. The van der Waals surface area contributed by atoms with E-state index in [1.807, 2.05) is 0 Å². The van der Waals surface area contributed by atoms with Gasteiger partial charge in [0.2, 0.25) is 0 Å². The predicted molar refractivity (Wildman–Crippen MR) is 46.4 cm³/mol. The third-order valence-electron chi connectivity index (χ3n) is 1.19. The molecule has 3 nitrogen and oxygen atoms in total. The van der Waals surface area contributed by atoms with Gasteiger partial charge in [0, 0.05) is 5.75 Å². The minimum atomic E-state index is -0.440. The Hall–Kier alpha value is -0.510. The molecule has 4 heteroatoms. The molecule has 0 bridgehead atoms. The summed E-state index contributed by atoms with van der Waals surface area (Å²) in [6.45, 7) is 4.62. The molecule has 1 amide bonds. The fourth-order valence-corrected chi connectivity index (χ4v) is 1.35. The van der Waals surface area contributed by atoms with E-state index >= 15 is 0 Å². The van der Waals surface area contributed by atoms with Crippen LogP contribution >= 0.6 is 11.8 Å². The fraction of sp³-hybridized carbons (Fsp3) is 0.714. The first-order chi connectivity index (χ1) is 5.18. The first-order valence-corrected chi connectivity index (χ1v) is 4.58. The van der Waals surface area contributed by atoms with Gasteiger partial charge in [-0.05, 0) is 5.25 Å². The summed E-state index contributed by atoms with van der Waals surface area (Å²) in [6, 6.07) is 0. The lowest BCUT2D eigenvalue weighted by atomic mass is 10.5. The molecule has 0 radical (unpaired) electrons. The van der Waals surface area contributed by atoms with Gasteiger partial charge in [0.05, 0.1) is 5.71 Å². The standard InChI is InChI=1S/C7H11NO2S/c1-5(2)11-4-6-3-10-7(9)8-6/h5H,3-4H2,1-2H3. The van der Waals surface area contributed by atoms with E-state index < -0.39 is 6.09 Å². The molecule has 0 aromatic rings. The molecule has 62 valence electrons. The van der Waals surface area contributed by atoms with Crippen LogP contribution in [-0.4, -0.2) is 29.4 Å². The van der Waals surface area contributed by atoms with E-state index in [4.69, 9.17) is 0 Å². The van der Waals surface area contributed by atoms with Gasteiger partial charge in [-0.2, -0.15) is 16.8 Å². The lowest BCUT2D eigenvalue weighted by Gasteiger charge is -2.01. The minimum absolute atomic E-state index is 0.387. The van der Waals surface area contributed by atoms with Gasteiger partial charge in [-0.25, -0.2) is 4.79 Å². The maximum atomic E-state index is 10.5. The van der Waals surface area contributed by atoms with Crippen LogP contribution in [0.4, 0.5) is 4.79 Å². The number of cyclic esters (lactones) is 1. The Morgan fingerprint density at radius 1 is 1.73 bits per heavy atom. The second-order valence-electron chi connectivity index (χ2n) is 2.59. The highest BCUT2D eigenvalue weighted by Gasteiger charge is 2.14. The molecule has 0 aliphatic carbocycles. The minimum Gasteiger partial charge on any atom is -0.442 e. The highest BCUT2D eigenvalue weighted by molar-refractivity contribution is 8.00. The Morgan fingerprint density at radius 2 is 2.45 bits per heavy atom. The summed E-state index contributed by atoms with van der Waals surface area (Å²) in [6.07, 6.45) is -0.440. The van der Waals surface area contributed by atoms with Crippen LogP contribution in [0.5, 0.6) is 0 Å². The van der Waals surface area contributed by atoms with Crippen molar-refractivity contribution in [2.24, 2.45) is 4.99 Å². The average Bonchev–Trinajstić information content (AvgIpc) is 2.31. The van der Waals surface area contributed by atoms with Gasteiger partial charge >= 0.3 is 6.09 Å². The maximum Gasteiger partial charge on any atom is 0.434 e. The summed E-state index contributed by atoms with van der Waals surface area (Å²) in [4.78, 5) is 14.2. The van der Waals surface area contributed by atoms with Crippen molar-refractivity contribution in [1.82, 2.24) is 0 Å². The average molecular weight is 173 g/mol. The first kappa shape index (κ1) is 8.59. The lowest BCUT2D eigenvalue weighted by molar-refractivity contribution is 0.181. The fourth-order valence-electron chi connectivity index (χ4n) is 0.675. The van der Waals surface area contributed by atoms with E-state index in [9.17, 15) is 4.79 Å². The number of amides is 1. The molecular formula is C7H11NO2S. The van der Waals surface area contributed by atoms with Crippen molar-refractivity contribution < 1.29 is 9.53 Å². The smallest absolute Gasteiger partial charge is 0.434 e.